The Hall–Kier alpha value is -0.830. The second kappa shape index (κ2) is 2.08. The molecular weight excluding hydrogens is 138 g/mol. The van der Waals surface area contributed by atoms with Gasteiger partial charge in [0.2, 0.25) is 0 Å². The Kier molecular flexibility index (Phi) is 1.29. The van der Waals surface area contributed by atoms with Crippen molar-refractivity contribution in [3.8, 4) is 0 Å². The molecule has 1 aliphatic rings. The maximum absolute atomic E-state index is 5.96. The summed E-state index contributed by atoms with van der Waals surface area (Å²) in [6.07, 6.45) is 6.12. The van der Waals surface area contributed by atoms with Crippen molar-refractivity contribution in [2.75, 3.05) is 0 Å². The largest absolute Gasteiger partial charge is 0.333 e. The standard InChI is InChI=1S/C8H13N3/c1-7-10-4-5-11(7)6-8(9)2-3-8/h4-5H,2-3,6,9H2,1H3. The number of imidazole rings is 1. The predicted molar refractivity (Wildman–Crippen MR) is 43.1 cm³/mol. The molecule has 1 heterocycles. The average Bonchev–Trinajstić information content (AvgIpc) is 2.54. The van der Waals surface area contributed by atoms with E-state index in [9.17, 15) is 0 Å². The number of rotatable bonds is 2. The van der Waals surface area contributed by atoms with Gasteiger partial charge in [0.05, 0.1) is 0 Å². The van der Waals surface area contributed by atoms with E-state index in [4.69, 9.17) is 5.73 Å². The zero-order valence-electron chi connectivity index (χ0n) is 6.75. The quantitative estimate of drug-likeness (QED) is 0.675. The molecular formula is C8H13N3. The molecule has 1 aromatic rings. The summed E-state index contributed by atoms with van der Waals surface area (Å²) in [5, 5.41) is 0. The zero-order valence-corrected chi connectivity index (χ0v) is 6.75. The van der Waals surface area contributed by atoms with Gasteiger partial charge in [-0.3, -0.25) is 0 Å². The maximum atomic E-state index is 5.96. The Morgan fingerprint density at radius 3 is 2.91 bits per heavy atom. The highest BCUT2D eigenvalue weighted by atomic mass is 15.1. The summed E-state index contributed by atoms with van der Waals surface area (Å²) in [6.45, 7) is 2.94. The fourth-order valence-electron chi connectivity index (χ4n) is 1.23. The van der Waals surface area contributed by atoms with E-state index >= 15 is 0 Å². The van der Waals surface area contributed by atoms with Gasteiger partial charge in [-0.1, -0.05) is 0 Å². The van der Waals surface area contributed by atoms with Crippen LogP contribution >= 0.6 is 0 Å². The van der Waals surface area contributed by atoms with Crippen LogP contribution in [0.2, 0.25) is 0 Å². The van der Waals surface area contributed by atoms with Gasteiger partial charge in [0.15, 0.2) is 0 Å². The van der Waals surface area contributed by atoms with Crippen molar-refractivity contribution in [2.24, 2.45) is 5.73 Å². The Balaban J connectivity index is 2.12. The lowest BCUT2D eigenvalue weighted by molar-refractivity contribution is 0.532. The maximum Gasteiger partial charge on any atom is 0.105 e. The third-order valence-electron chi connectivity index (χ3n) is 2.30. The minimum atomic E-state index is 0.0888. The summed E-state index contributed by atoms with van der Waals surface area (Å²) in [7, 11) is 0. The van der Waals surface area contributed by atoms with Crippen molar-refractivity contribution < 1.29 is 0 Å². The molecule has 1 saturated carbocycles. The predicted octanol–water partition coefficient (Wildman–Crippen LogP) is 0.683. The van der Waals surface area contributed by atoms with Gasteiger partial charge in [-0.25, -0.2) is 4.98 Å². The lowest BCUT2D eigenvalue weighted by atomic mass is 10.3. The van der Waals surface area contributed by atoms with E-state index in [0.29, 0.717) is 0 Å². The van der Waals surface area contributed by atoms with E-state index in [-0.39, 0.29) is 5.54 Å². The second-order valence-corrected chi connectivity index (χ2v) is 3.46. The average molecular weight is 151 g/mol. The van der Waals surface area contributed by atoms with Gasteiger partial charge < -0.3 is 10.3 Å². The van der Waals surface area contributed by atoms with Gasteiger partial charge >= 0.3 is 0 Å². The molecule has 2 rings (SSSR count). The van der Waals surface area contributed by atoms with Crippen LogP contribution in [0.5, 0.6) is 0 Å². The molecule has 0 unspecified atom stereocenters. The molecule has 0 amide bonds. The lowest BCUT2D eigenvalue weighted by Crippen LogP contribution is -2.28. The molecule has 0 bridgehead atoms. The monoisotopic (exact) mass is 151 g/mol. The first-order chi connectivity index (χ1) is 5.20. The number of hydrogen-bond acceptors (Lipinski definition) is 2. The van der Waals surface area contributed by atoms with Crippen molar-refractivity contribution in [3.63, 3.8) is 0 Å². The molecule has 1 fully saturated rings. The van der Waals surface area contributed by atoms with Gasteiger partial charge in [0.25, 0.3) is 0 Å². The number of nitrogens with zero attached hydrogens (tertiary/aromatic N) is 2. The number of nitrogens with two attached hydrogens (primary N) is 1. The summed E-state index contributed by atoms with van der Waals surface area (Å²) < 4.78 is 2.12. The lowest BCUT2D eigenvalue weighted by Gasteiger charge is -2.10. The Morgan fingerprint density at radius 2 is 2.45 bits per heavy atom. The Bertz CT molecular complexity index is 260. The van der Waals surface area contributed by atoms with Crippen molar-refractivity contribution in [1.82, 2.24) is 9.55 Å². The summed E-state index contributed by atoms with van der Waals surface area (Å²) >= 11 is 0. The van der Waals surface area contributed by atoms with Gasteiger partial charge in [-0.15, -0.1) is 0 Å². The molecule has 0 radical (unpaired) electrons. The van der Waals surface area contributed by atoms with Crippen LogP contribution in [0.1, 0.15) is 18.7 Å². The Morgan fingerprint density at radius 1 is 1.73 bits per heavy atom. The second-order valence-electron chi connectivity index (χ2n) is 3.46. The fraction of sp³-hybridized carbons (Fsp3) is 0.625. The third-order valence-corrected chi connectivity index (χ3v) is 2.30. The van der Waals surface area contributed by atoms with Gasteiger partial charge in [-0.2, -0.15) is 0 Å². The van der Waals surface area contributed by atoms with Crippen LogP contribution in [0.4, 0.5) is 0 Å². The molecule has 0 spiro atoms. The van der Waals surface area contributed by atoms with Crippen molar-refractivity contribution in [3.05, 3.63) is 18.2 Å². The highest BCUT2D eigenvalue weighted by Crippen LogP contribution is 2.33. The van der Waals surface area contributed by atoms with Crippen molar-refractivity contribution in [2.45, 2.75) is 31.8 Å². The third kappa shape index (κ3) is 1.28. The summed E-state index contributed by atoms with van der Waals surface area (Å²) in [5.74, 6) is 1.06. The molecule has 3 heteroatoms. The normalized spacial score (nSPS) is 20.2. The first-order valence-corrected chi connectivity index (χ1v) is 3.96. The molecule has 1 aliphatic carbocycles. The van der Waals surface area contributed by atoms with Crippen LogP contribution in [0.15, 0.2) is 12.4 Å². The highest BCUT2D eigenvalue weighted by Gasteiger charge is 2.38. The van der Waals surface area contributed by atoms with Crippen molar-refractivity contribution in [1.29, 1.82) is 0 Å². The van der Waals surface area contributed by atoms with Gasteiger partial charge in [0.1, 0.15) is 5.82 Å². The molecule has 11 heavy (non-hydrogen) atoms. The molecule has 0 aromatic carbocycles. The zero-order chi connectivity index (χ0) is 7.90. The van der Waals surface area contributed by atoms with Gasteiger partial charge in [0, 0.05) is 24.5 Å². The van der Waals surface area contributed by atoms with E-state index < -0.39 is 0 Å². The van der Waals surface area contributed by atoms with Gasteiger partial charge in [-0.05, 0) is 19.8 Å². The smallest absolute Gasteiger partial charge is 0.105 e. The fourth-order valence-corrected chi connectivity index (χ4v) is 1.23. The van der Waals surface area contributed by atoms with Crippen LogP contribution in [0.25, 0.3) is 0 Å². The molecule has 2 N–H and O–H groups in total. The first-order valence-electron chi connectivity index (χ1n) is 3.96. The number of aryl methyl sites for hydroxylation is 1. The number of hydrogen-bond donors (Lipinski definition) is 1. The van der Waals surface area contributed by atoms with Crippen molar-refractivity contribution >= 4 is 0 Å². The van der Waals surface area contributed by atoms with E-state index in [1.165, 1.54) is 0 Å². The molecule has 60 valence electrons. The number of aromatic nitrogens is 2. The molecule has 0 aliphatic heterocycles. The van der Waals surface area contributed by atoms with Crippen LogP contribution in [-0.2, 0) is 6.54 Å². The topological polar surface area (TPSA) is 43.8 Å². The van der Waals surface area contributed by atoms with E-state index in [1.54, 1.807) is 0 Å². The SMILES string of the molecule is Cc1nccn1CC1(N)CC1. The minimum Gasteiger partial charge on any atom is -0.333 e. The van der Waals surface area contributed by atoms with Crippen LogP contribution in [0.3, 0.4) is 0 Å². The van der Waals surface area contributed by atoms with Crippen LogP contribution < -0.4 is 5.73 Å². The van der Waals surface area contributed by atoms with E-state index in [0.717, 1.165) is 25.2 Å². The van der Waals surface area contributed by atoms with E-state index in [1.807, 2.05) is 19.3 Å². The molecule has 0 atom stereocenters. The minimum absolute atomic E-state index is 0.0888. The molecule has 3 nitrogen and oxygen atoms in total. The van der Waals surface area contributed by atoms with E-state index in [2.05, 4.69) is 9.55 Å². The molecule has 1 aromatic heterocycles. The summed E-state index contributed by atoms with van der Waals surface area (Å²) in [6, 6.07) is 0. The summed E-state index contributed by atoms with van der Waals surface area (Å²) in [5.41, 5.74) is 6.05. The Labute approximate surface area is 66.2 Å². The molecule has 0 saturated heterocycles. The highest BCUT2D eigenvalue weighted by molar-refractivity contribution is 5.01. The first kappa shape index (κ1) is 6.85. The summed E-state index contributed by atoms with van der Waals surface area (Å²) in [4.78, 5) is 4.14. The van der Waals surface area contributed by atoms with Crippen LogP contribution in [0, 0.1) is 6.92 Å². The van der Waals surface area contributed by atoms with Crippen LogP contribution in [-0.4, -0.2) is 15.1 Å².